The van der Waals surface area contributed by atoms with E-state index in [1.807, 2.05) is 48.5 Å². The highest BCUT2D eigenvalue weighted by atomic mass is 16.5. The third kappa shape index (κ3) is 2.27. The Morgan fingerprint density at radius 3 is 2.39 bits per heavy atom. The maximum Gasteiger partial charge on any atom is 0.125 e. The van der Waals surface area contributed by atoms with Crippen molar-refractivity contribution >= 4 is 21.7 Å². The van der Waals surface area contributed by atoms with Crippen molar-refractivity contribution in [3.63, 3.8) is 0 Å². The fourth-order valence-electron chi connectivity index (χ4n) is 2.89. The zero-order valence-corrected chi connectivity index (χ0v) is 12.7. The average molecular weight is 301 g/mol. The molecule has 0 aliphatic heterocycles. The number of benzene rings is 3. The molecule has 0 bridgehead atoms. The minimum Gasteiger partial charge on any atom is -0.507 e. The van der Waals surface area contributed by atoms with E-state index < -0.39 is 0 Å². The van der Waals surface area contributed by atoms with Gasteiger partial charge in [-0.05, 0) is 46.8 Å². The summed E-state index contributed by atoms with van der Waals surface area (Å²) in [7, 11) is 1.65. The Morgan fingerprint density at radius 2 is 1.61 bits per heavy atom. The second-order valence-electron chi connectivity index (χ2n) is 5.46. The number of aromatic nitrogens is 1. The van der Waals surface area contributed by atoms with E-state index >= 15 is 0 Å². The van der Waals surface area contributed by atoms with E-state index in [-0.39, 0.29) is 5.75 Å². The Morgan fingerprint density at radius 1 is 0.826 bits per heavy atom. The molecule has 0 aliphatic rings. The number of ether oxygens (including phenoxy) is 1. The summed E-state index contributed by atoms with van der Waals surface area (Å²) in [4.78, 5) is 4.42. The molecule has 4 aromatic rings. The Kier molecular flexibility index (Phi) is 3.12. The highest BCUT2D eigenvalue weighted by Crippen LogP contribution is 2.35. The molecule has 0 atom stereocenters. The third-order valence-electron chi connectivity index (χ3n) is 4.11. The Balaban J connectivity index is 1.99. The molecule has 0 unspecified atom stereocenters. The topological polar surface area (TPSA) is 42.4 Å². The summed E-state index contributed by atoms with van der Waals surface area (Å²) in [5.74, 6) is 1.06. The predicted molar refractivity (Wildman–Crippen MR) is 92.9 cm³/mol. The van der Waals surface area contributed by atoms with Gasteiger partial charge >= 0.3 is 0 Å². The molecule has 0 radical (unpaired) electrons. The zero-order valence-electron chi connectivity index (χ0n) is 12.7. The molecule has 0 aliphatic carbocycles. The van der Waals surface area contributed by atoms with E-state index in [1.54, 1.807) is 19.4 Å². The molecule has 3 nitrogen and oxygen atoms in total. The van der Waals surface area contributed by atoms with Gasteiger partial charge in [-0.25, -0.2) is 0 Å². The first-order valence-corrected chi connectivity index (χ1v) is 7.41. The number of aromatic hydroxyl groups is 1. The van der Waals surface area contributed by atoms with Gasteiger partial charge in [0, 0.05) is 17.0 Å². The number of hydrogen-bond donors (Lipinski definition) is 1. The molecule has 112 valence electrons. The molecular formula is C20H15NO2. The number of hydrogen-bond acceptors (Lipinski definition) is 3. The molecule has 4 rings (SSSR count). The summed E-state index contributed by atoms with van der Waals surface area (Å²) in [5, 5.41) is 13.2. The van der Waals surface area contributed by atoms with Crippen LogP contribution in [-0.4, -0.2) is 17.2 Å². The molecule has 0 saturated carbocycles. The summed E-state index contributed by atoms with van der Waals surface area (Å²) < 4.78 is 5.20. The van der Waals surface area contributed by atoms with Crippen LogP contribution < -0.4 is 4.74 Å². The van der Waals surface area contributed by atoms with Crippen LogP contribution in [0.3, 0.4) is 0 Å². The number of methoxy groups -OCH3 is 1. The minimum absolute atomic E-state index is 0.242. The van der Waals surface area contributed by atoms with Crippen LogP contribution in [0.4, 0.5) is 0 Å². The summed E-state index contributed by atoms with van der Waals surface area (Å²) in [6, 6.07) is 19.7. The number of fused-ring (bicyclic) bond motifs is 3. The van der Waals surface area contributed by atoms with Crippen LogP contribution in [0.1, 0.15) is 0 Å². The van der Waals surface area contributed by atoms with Gasteiger partial charge in [-0.15, -0.1) is 0 Å². The van der Waals surface area contributed by atoms with Gasteiger partial charge in [0.2, 0.25) is 0 Å². The van der Waals surface area contributed by atoms with E-state index in [0.717, 1.165) is 38.6 Å². The SMILES string of the molecule is COc1ccc(-c2cc(O)c3cnc4ccccc4c3c2)cc1. The van der Waals surface area contributed by atoms with Crippen LogP contribution in [0, 0.1) is 0 Å². The lowest BCUT2D eigenvalue weighted by atomic mass is 9.99. The number of phenols is 1. The molecule has 1 N–H and O–H groups in total. The fraction of sp³-hybridized carbons (Fsp3) is 0.0500. The van der Waals surface area contributed by atoms with Crippen LogP contribution in [-0.2, 0) is 0 Å². The molecule has 0 spiro atoms. The lowest BCUT2D eigenvalue weighted by molar-refractivity contribution is 0.415. The monoisotopic (exact) mass is 301 g/mol. The van der Waals surface area contributed by atoms with Crippen molar-refractivity contribution in [3.8, 4) is 22.6 Å². The van der Waals surface area contributed by atoms with Crippen molar-refractivity contribution < 1.29 is 9.84 Å². The zero-order chi connectivity index (χ0) is 15.8. The quantitative estimate of drug-likeness (QED) is 0.542. The van der Waals surface area contributed by atoms with Crippen molar-refractivity contribution in [2.75, 3.05) is 7.11 Å². The Labute approximate surface area is 133 Å². The first kappa shape index (κ1) is 13.6. The summed E-state index contributed by atoms with van der Waals surface area (Å²) >= 11 is 0. The van der Waals surface area contributed by atoms with Crippen molar-refractivity contribution in [1.82, 2.24) is 4.98 Å². The molecule has 0 saturated heterocycles. The predicted octanol–water partition coefficient (Wildman–Crippen LogP) is 4.77. The highest BCUT2D eigenvalue weighted by molar-refractivity contribution is 6.08. The molecule has 0 fully saturated rings. The van der Waals surface area contributed by atoms with Crippen molar-refractivity contribution in [3.05, 3.63) is 66.9 Å². The second-order valence-corrected chi connectivity index (χ2v) is 5.46. The normalized spacial score (nSPS) is 11.0. The first-order chi connectivity index (χ1) is 11.3. The molecule has 23 heavy (non-hydrogen) atoms. The van der Waals surface area contributed by atoms with Gasteiger partial charge in [-0.1, -0.05) is 30.3 Å². The lowest BCUT2D eigenvalue weighted by Crippen LogP contribution is -1.86. The van der Waals surface area contributed by atoms with Crippen molar-refractivity contribution in [2.24, 2.45) is 0 Å². The van der Waals surface area contributed by atoms with Gasteiger partial charge in [-0.2, -0.15) is 0 Å². The lowest BCUT2D eigenvalue weighted by Gasteiger charge is -2.09. The Hall–Kier alpha value is -3.07. The molecule has 3 heteroatoms. The average Bonchev–Trinajstić information content (AvgIpc) is 2.61. The second kappa shape index (κ2) is 5.29. The number of nitrogens with zero attached hydrogens (tertiary/aromatic N) is 1. The molecular weight excluding hydrogens is 286 g/mol. The molecule has 1 aromatic heterocycles. The summed E-state index contributed by atoms with van der Waals surface area (Å²) in [5.41, 5.74) is 2.92. The largest absolute Gasteiger partial charge is 0.507 e. The van der Waals surface area contributed by atoms with E-state index in [1.165, 1.54) is 0 Å². The van der Waals surface area contributed by atoms with Crippen LogP contribution >= 0.6 is 0 Å². The maximum atomic E-state index is 10.4. The van der Waals surface area contributed by atoms with Crippen molar-refractivity contribution in [1.29, 1.82) is 0 Å². The van der Waals surface area contributed by atoms with Gasteiger partial charge in [-0.3, -0.25) is 4.98 Å². The van der Waals surface area contributed by atoms with Crippen LogP contribution in [0.2, 0.25) is 0 Å². The van der Waals surface area contributed by atoms with E-state index in [0.29, 0.717) is 0 Å². The minimum atomic E-state index is 0.242. The first-order valence-electron chi connectivity index (χ1n) is 7.41. The van der Waals surface area contributed by atoms with E-state index in [9.17, 15) is 5.11 Å². The summed E-state index contributed by atoms with van der Waals surface area (Å²) in [6.07, 6.45) is 1.73. The van der Waals surface area contributed by atoms with E-state index in [4.69, 9.17) is 4.74 Å². The van der Waals surface area contributed by atoms with Gasteiger partial charge in [0.05, 0.1) is 12.6 Å². The number of para-hydroxylation sites is 1. The smallest absolute Gasteiger partial charge is 0.125 e. The van der Waals surface area contributed by atoms with Gasteiger partial charge in [0.15, 0.2) is 0 Å². The van der Waals surface area contributed by atoms with E-state index in [2.05, 4.69) is 11.1 Å². The highest BCUT2D eigenvalue weighted by Gasteiger charge is 2.09. The molecule has 0 amide bonds. The molecule has 3 aromatic carbocycles. The van der Waals surface area contributed by atoms with Gasteiger partial charge < -0.3 is 9.84 Å². The number of phenolic OH excluding ortho intramolecular Hbond substituents is 1. The van der Waals surface area contributed by atoms with Crippen LogP contribution in [0.15, 0.2) is 66.9 Å². The summed E-state index contributed by atoms with van der Waals surface area (Å²) in [6.45, 7) is 0. The maximum absolute atomic E-state index is 10.4. The van der Waals surface area contributed by atoms with Gasteiger partial charge in [0.25, 0.3) is 0 Å². The van der Waals surface area contributed by atoms with Crippen molar-refractivity contribution in [2.45, 2.75) is 0 Å². The third-order valence-corrected chi connectivity index (χ3v) is 4.11. The number of pyridine rings is 1. The van der Waals surface area contributed by atoms with Crippen LogP contribution in [0.5, 0.6) is 11.5 Å². The molecule has 1 heterocycles. The van der Waals surface area contributed by atoms with Gasteiger partial charge in [0.1, 0.15) is 11.5 Å². The fourth-order valence-corrected chi connectivity index (χ4v) is 2.89. The van der Waals surface area contributed by atoms with Crippen LogP contribution in [0.25, 0.3) is 32.8 Å². The standard InChI is InChI=1S/C20H15NO2/c1-23-15-8-6-13(7-9-15)14-10-17-16-4-2-3-5-19(16)21-12-18(17)20(22)11-14/h2-12,22H,1H3. The Bertz CT molecular complexity index is 1010. The number of rotatable bonds is 2.